The highest BCUT2D eigenvalue weighted by Crippen LogP contribution is 2.27. The van der Waals surface area contributed by atoms with E-state index in [1.165, 1.54) is 0 Å². The maximum Gasteiger partial charge on any atom is 0.129 e. The normalized spacial score (nSPS) is 11.1. The first-order valence-corrected chi connectivity index (χ1v) is 6.24. The van der Waals surface area contributed by atoms with Crippen LogP contribution in [0.2, 0.25) is 5.15 Å². The molecule has 4 nitrogen and oxygen atoms in total. The van der Waals surface area contributed by atoms with Gasteiger partial charge >= 0.3 is 0 Å². The molecular formula is C14H12ClN3O. The number of rotatable bonds is 2. The summed E-state index contributed by atoms with van der Waals surface area (Å²) < 4.78 is 1.68. The second-order valence-electron chi connectivity index (χ2n) is 4.36. The van der Waals surface area contributed by atoms with Crippen LogP contribution in [0.15, 0.2) is 36.7 Å². The third-order valence-electron chi connectivity index (χ3n) is 3.21. The summed E-state index contributed by atoms with van der Waals surface area (Å²) >= 11 is 5.91. The number of aryl methyl sites for hydroxylation is 1. The number of aliphatic hydroxyl groups is 1. The second-order valence-corrected chi connectivity index (χ2v) is 4.74. The Morgan fingerprint density at radius 1 is 1.21 bits per heavy atom. The molecule has 0 saturated heterocycles. The van der Waals surface area contributed by atoms with Gasteiger partial charge in [0.25, 0.3) is 0 Å². The average molecular weight is 274 g/mol. The van der Waals surface area contributed by atoms with Crippen LogP contribution in [0.3, 0.4) is 0 Å². The molecule has 2 aromatic heterocycles. The van der Waals surface area contributed by atoms with Crippen molar-refractivity contribution in [3.8, 4) is 11.1 Å². The van der Waals surface area contributed by atoms with Crippen molar-refractivity contribution in [2.75, 3.05) is 0 Å². The topological polar surface area (TPSA) is 50.9 Å². The van der Waals surface area contributed by atoms with E-state index in [1.807, 2.05) is 31.3 Å². The van der Waals surface area contributed by atoms with E-state index in [-0.39, 0.29) is 6.61 Å². The maximum absolute atomic E-state index is 9.41. The Bertz CT molecular complexity index is 752. The van der Waals surface area contributed by atoms with E-state index >= 15 is 0 Å². The predicted octanol–water partition coefficient (Wildman–Crippen LogP) is 2.78. The lowest BCUT2D eigenvalue weighted by molar-refractivity contribution is 0.271. The number of benzene rings is 1. The van der Waals surface area contributed by atoms with E-state index in [1.54, 1.807) is 17.1 Å². The van der Waals surface area contributed by atoms with Crippen LogP contribution in [0, 0.1) is 0 Å². The first kappa shape index (κ1) is 12.1. The molecule has 0 fully saturated rings. The van der Waals surface area contributed by atoms with Crippen LogP contribution in [-0.2, 0) is 13.7 Å². The second kappa shape index (κ2) is 4.64. The summed E-state index contributed by atoms with van der Waals surface area (Å²) in [6, 6.07) is 7.84. The van der Waals surface area contributed by atoms with Gasteiger partial charge in [-0.1, -0.05) is 23.7 Å². The lowest BCUT2D eigenvalue weighted by Gasteiger charge is -2.05. The number of fused-ring (bicyclic) bond motifs is 1. The minimum atomic E-state index is -0.0407. The van der Waals surface area contributed by atoms with Crippen LogP contribution < -0.4 is 0 Å². The van der Waals surface area contributed by atoms with E-state index in [4.69, 9.17) is 11.6 Å². The highest BCUT2D eigenvalue weighted by Gasteiger charge is 2.10. The SMILES string of the molecule is Cn1ncc(-c2ccc3cnc(Cl)cc3c2)c1CO. The molecule has 0 aliphatic heterocycles. The van der Waals surface area contributed by atoms with Gasteiger partial charge in [-0.15, -0.1) is 0 Å². The Balaban J connectivity index is 2.19. The van der Waals surface area contributed by atoms with Gasteiger partial charge in [0.1, 0.15) is 5.15 Å². The number of pyridine rings is 1. The van der Waals surface area contributed by atoms with Crippen molar-refractivity contribution in [1.82, 2.24) is 14.8 Å². The van der Waals surface area contributed by atoms with Crippen molar-refractivity contribution in [3.05, 3.63) is 47.5 Å². The van der Waals surface area contributed by atoms with Gasteiger partial charge in [-0.25, -0.2) is 4.98 Å². The molecule has 0 aliphatic carbocycles. The van der Waals surface area contributed by atoms with E-state index in [2.05, 4.69) is 10.1 Å². The van der Waals surface area contributed by atoms with Crippen LogP contribution in [0.5, 0.6) is 0 Å². The van der Waals surface area contributed by atoms with Crippen LogP contribution in [0.25, 0.3) is 21.9 Å². The zero-order chi connectivity index (χ0) is 13.4. The van der Waals surface area contributed by atoms with Gasteiger partial charge < -0.3 is 5.11 Å². The molecule has 96 valence electrons. The summed E-state index contributed by atoms with van der Waals surface area (Å²) in [4.78, 5) is 4.06. The van der Waals surface area contributed by atoms with Crippen molar-refractivity contribution in [1.29, 1.82) is 0 Å². The molecule has 0 unspecified atom stereocenters. The summed E-state index contributed by atoms with van der Waals surface area (Å²) in [5, 5.41) is 16.1. The molecule has 1 N–H and O–H groups in total. The van der Waals surface area contributed by atoms with Crippen molar-refractivity contribution < 1.29 is 5.11 Å². The van der Waals surface area contributed by atoms with Gasteiger partial charge in [0.2, 0.25) is 0 Å². The van der Waals surface area contributed by atoms with E-state index in [9.17, 15) is 5.11 Å². The molecule has 0 spiro atoms. The quantitative estimate of drug-likeness (QED) is 0.731. The molecule has 0 aliphatic rings. The first-order chi connectivity index (χ1) is 9.19. The zero-order valence-electron chi connectivity index (χ0n) is 10.3. The number of hydrogen-bond donors (Lipinski definition) is 1. The van der Waals surface area contributed by atoms with E-state index in [0.717, 1.165) is 27.6 Å². The van der Waals surface area contributed by atoms with Gasteiger partial charge in [-0.05, 0) is 23.1 Å². The summed E-state index contributed by atoms with van der Waals surface area (Å²) in [5.41, 5.74) is 2.73. The summed E-state index contributed by atoms with van der Waals surface area (Å²) in [5.74, 6) is 0. The molecular weight excluding hydrogens is 262 g/mol. The molecule has 0 atom stereocenters. The van der Waals surface area contributed by atoms with Crippen molar-refractivity contribution >= 4 is 22.4 Å². The van der Waals surface area contributed by atoms with E-state index in [0.29, 0.717) is 5.15 Å². The third-order valence-corrected chi connectivity index (χ3v) is 3.42. The van der Waals surface area contributed by atoms with E-state index < -0.39 is 0 Å². The Morgan fingerprint density at radius 2 is 2.05 bits per heavy atom. The van der Waals surface area contributed by atoms with Crippen molar-refractivity contribution in [2.45, 2.75) is 6.61 Å². The predicted molar refractivity (Wildman–Crippen MR) is 74.9 cm³/mol. The molecule has 3 rings (SSSR count). The number of hydrogen-bond acceptors (Lipinski definition) is 3. The summed E-state index contributed by atoms with van der Waals surface area (Å²) in [7, 11) is 1.82. The maximum atomic E-state index is 9.41. The van der Waals surface area contributed by atoms with Crippen molar-refractivity contribution in [2.24, 2.45) is 7.05 Å². The largest absolute Gasteiger partial charge is 0.390 e. The van der Waals surface area contributed by atoms with Gasteiger partial charge in [0, 0.05) is 24.2 Å². The van der Waals surface area contributed by atoms with Crippen molar-refractivity contribution in [3.63, 3.8) is 0 Å². The number of aromatic nitrogens is 3. The minimum Gasteiger partial charge on any atom is -0.390 e. The molecule has 0 bridgehead atoms. The lowest BCUT2D eigenvalue weighted by atomic mass is 10.0. The molecule has 0 radical (unpaired) electrons. The number of halogens is 1. The average Bonchev–Trinajstić information content (AvgIpc) is 2.79. The molecule has 1 aromatic carbocycles. The highest BCUT2D eigenvalue weighted by molar-refractivity contribution is 6.30. The van der Waals surface area contributed by atoms with Crippen LogP contribution >= 0.6 is 11.6 Å². The van der Waals surface area contributed by atoms with Crippen LogP contribution in [-0.4, -0.2) is 19.9 Å². The first-order valence-electron chi connectivity index (χ1n) is 5.86. The molecule has 19 heavy (non-hydrogen) atoms. The molecule has 3 aromatic rings. The van der Waals surface area contributed by atoms with Gasteiger partial charge in [0.15, 0.2) is 0 Å². The lowest BCUT2D eigenvalue weighted by Crippen LogP contribution is -1.98. The Kier molecular flexibility index (Phi) is 2.97. The molecule has 5 heteroatoms. The molecule has 2 heterocycles. The summed E-state index contributed by atoms with van der Waals surface area (Å²) in [6.07, 6.45) is 3.51. The minimum absolute atomic E-state index is 0.0407. The van der Waals surface area contributed by atoms with Crippen LogP contribution in [0.1, 0.15) is 5.69 Å². The molecule has 0 amide bonds. The zero-order valence-corrected chi connectivity index (χ0v) is 11.1. The summed E-state index contributed by atoms with van der Waals surface area (Å²) in [6.45, 7) is -0.0407. The number of aliphatic hydroxyl groups excluding tert-OH is 1. The Labute approximate surface area is 115 Å². The fraction of sp³-hybridized carbons (Fsp3) is 0.143. The van der Waals surface area contributed by atoms with Gasteiger partial charge in [-0.3, -0.25) is 4.68 Å². The molecule has 0 saturated carbocycles. The fourth-order valence-corrected chi connectivity index (χ4v) is 2.34. The standard InChI is InChI=1S/C14H12ClN3O/c1-18-13(8-19)12(7-17-18)9-2-3-10-6-16-14(15)5-11(10)4-9/h2-7,19H,8H2,1H3. The van der Waals surface area contributed by atoms with Crippen LogP contribution in [0.4, 0.5) is 0 Å². The smallest absolute Gasteiger partial charge is 0.129 e. The highest BCUT2D eigenvalue weighted by atomic mass is 35.5. The van der Waals surface area contributed by atoms with Gasteiger partial charge in [-0.2, -0.15) is 5.10 Å². The third kappa shape index (κ3) is 2.09. The fourth-order valence-electron chi connectivity index (χ4n) is 2.17. The van der Waals surface area contributed by atoms with Gasteiger partial charge in [0.05, 0.1) is 18.5 Å². The number of nitrogens with zero attached hydrogens (tertiary/aromatic N) is 3. The Hall–Kier alpha value is -1.91. The monoisotopic (exact) mass is 273 g/mol. The Morgan fingerprint density at radius 3 is 2.84 bits per heavy atom.